The van der Waals surface area contributed by atoms with Crippen molar-refractivity contribution < 1.29 is 22.8 Å². The van der Waals surface area contributed by atoms with Crippen LogP contribution in [-0.2, 0) is 11.0 Å². The fraction of sp³-hybridized carbons (Fsp3) is 0.286. The SMILES string of the molecule is C[C@H](NC(=O)c1cc(Cl)cc(C(F)(F)F)c1)c1ncnn1-c1ccc(N2CCCC2=O)cn1. The number of benzene rings is 1. The Balaban J connectivity index is 1.53. The number of hydrogen-bond acceptors (Lipinski definition) is 5. The summed E-state index contributed by atoms with van der Waals surface area (Å²) in [6.45, 7) is 2.25. The number of carbonyl (C=O) groups is 2. The van der Waals surface area contributed by atoms with Crippen molar-refractivity contribution in [3.05, 3.63) is 64.8 Å². The molecule has 0 aliphatic carbocycles. The molecule has 2 amide bonds. The van der Waals surface area contributed by atoms with E-state index in [1.807, 2.05) is 0 Å². The molecule has 8 nitrogen and oxygen atoms in total. The maximum atomic E-state index is 13.0. The molecule has 0 radical (unpaired) electrons. The summed E-state index contributed by atoms with van der Waals surface area (Å²) in [5.74, 6) is 0.0120. The lowest BCUT2D eigenvalue weighted by Crippen LogP contribution is -2.29. The molecule has 1 atom stereocenters. The fourth-order valence-corrected chi connectivity index (χ4v) is 3.77. The minimum atomic E-state index is -4.64. The van der Waals surface area contributed by atoms with Gasteiger partial charge in [0.25, 0.3) is 5.91 Å². The average molecular weight is 479 g/mol. The maximum Gasteiger partial charge on any atom is 0.416 e. The maximum absolute atomic E-state index is 13.0. The zero-order chi connectivity index (χ0) is 23.8. The third-order valence-corrected chi connectivity index (χ3v) is 5.35. The third kappa shape index (κ3) is 4.82. The second-order valence-corrected chi connectivity index (χ2v) is 7.91. The normalized spacial score (nSPS) is 15.1. The molecule has 1 aliphatic rings. The molecule has 1 saturated heterocycles. The number of halogens is 4. The van der Waals surface area contributed by atoms with Crippen molar-refractivity contribution >= 4 is 29.1 Å². The van der Waals surface area contributed by atoms with Crippen LogP contribution in [0.25, 0.3) is 5.82 Å². The molecule has 1 aliphatic heterocycles. The van der Waals surface area contributed by atoms with Gasteiger partial charge in [-0.25, -0.2) is 9.97 Å². The van der Waals surface area contributed by atoms with Crippen molar-refractivity contribution in [2.45, 2.75) is 32.0 Å². The minimum Gasteiger partial charge on any atom is -0.342 e. The number of pyridine rings is 1. The van der Waals surface area contributed by atoms with E-state index < -0.39 is 23.7 Å². The van der Waals surface area contributed by atoms with Gasteiger partial charge in [0.2, 0.25) is 5.91 Å². The molecule has 0 saturated carbocycles. The van der Waals surface area contributed by atoms with Crippen LogP contribution in [0.3, 0.4) is 0 Å². The first kappa shape index (κ1) is 22.7. The zero-order valence-electron chi connectivity index (χ0n) is 17.3. The first-order chi connectivity index (χ1) is 15.6. The van der Waals surface area contributed by atoms with Gasteiger partial charge in [-0.15, -0.1) is 0 Å². The molecule has 3 heterocycles. The molecule has 2 aromatic heterocycles. The highest BCUT2D eigenvalue weighted by Gasteiger charge is 2.32. The summed E-state index contributed by atoms with van der Waals surface area (Å²) < 4.78 is 40.5. The van der Waals surface area contributed by atoms with E-state index in [0.29, 0.717) is 30.3 Å². The second-order valence-electron chi connectivity index (χ2n) is 7.48. The zero-order valence-corrected chi connectivity index (χ0v) is 18.1. The van der Waals surface area contributed by atoms with Gasteiger partial charge in [-0.3, -0.25) is 9.59 Å². The van der Waals surface area contributed by atoms with Crippen LogP contribution in [0.1, 0.15) is 47.6 Å². The summed E-state index contributed by atoms with van der Waals surface area (Å²) in [5, 5.41) is 6.54. The van der Waals surface area contributed by atoms with E-state index in [1.54, 1.807) is 30.2 Å². The average Bonchev–Trinajstić information content (AvgIpc) is 3.42. The van der Waals surface area contributed by atoms with Gasteiger partial charge in [-0.05, 0) is 43.7 Å². The minimum absolute atomic E-state index is 0.0389. The summed E-state index contributed by atoms with van der Waals surface area (Å²) >= 11 is 5.77. The van der Waals surface area contributed by atoms with E-state index in [1.165, 1.54) is 11.0 Å². The Hall–Kier alpha value is -3.47. The van der Waals surface area contributed by atoms with Gasteiger partial charge in [0.1, 0.15) is 6.33 Å². The largest absolute Gasteiger partial charge is 0.416 e. The number of aromatic nitrogens is 4. The Morgan fingerprint density at radius 1 is 1.21 bits per heavy atom. The topological polar surface area (TPSA) is 93.0 Å². The highest BCUT2D eigenvalue weighted by atomic mass is 35.5. The Kier molecular flexibility index (Phi) is 6.07. The van der Waals surface area contributed by atoms with Gasteiger partial charge in [0.05, 0.1) is 23.5 Å². The summed E-state index contributed by atoms with van der Waals surface area (Å²) in [4.78, 5) is 34.7. The third-order valence-electron chi connectivity index (χ3n) is 5.13. The summed E-state index contributed by atoms with van der Waals surface area (Å²) in [5.41, 5.74) is -0.576. The molecule has 0 bridgehead atoms. The van der Waals surface area contributed by atoms with E-state index in [-0.39, 0.29) is 16.5 Å². The molecule has 12 heteroatoms. The molecule has 172 valence electrons. The number of anilines is 1. The number of rotatable bonds is 5. The van der Waals surface area contributed by atoms with Crippen LogP contribution in [0.2, 0.25) is 5.02 Å². The van der Waals surface area contributed by atoms with E-state index >= 15 is 0 Å². The Labute approximate surface area is 191 Å². The monoisotopic (exact) mass is 478 g/mol. The van der Waals surface area contributed by atoms with Crippen LogP contribution in [0, 0.1) is 0 Å². The highest BCUT2D eigenvalue weighted by molar-refractivity contribution is 6.31. The fourth-order valence-electron chi connectivity index (χ4n) is 3.54. The summed E-state index contributed by atoms with van der Waals surface area (Å²) in [6.07, 6.45) is -0.509. The number of nitrogens with one attached hydrogen (secondary N) is 1. The predicted molar refractivity (Wildman–Crippen MR) is 113 cm³/mol. The van der Waals surface area contributed by atoms with E-state index in [4.69, 9.17) is 11.6 Å². The molecule has 0 spiro atoms. The molecule has 3 aromatic rings. The van der Waals surface area contributed by atoms with Crippen molar-refractivity contribution in [1.82, 2.24) is 25.1 Å². The van der Waals surface area contributed by atoms with E-state index in [9.17, 15) is 22.8 Å². The highest BCUT2D eigenvalue weighted by Crippen LogP contribution is 2.32. The number of alkyl halides is 3. The van der Waals surface area contributed by atoms with Crippen LogP contribution >= 0.6 is 11.6 Å². The standard InChI is InChI=1S/C21H18ClF3N6O2/c1-12(29-20(33)13-7-14(21(23,24)25)9-15(22)8-13)19-27-11-28-31(19)17-5-4-16(10-26-17)30-6-2-3-18(30)32/h4-5,7-12H,2-3,6H2,1H3,(H,29,33)/t12-/m0/s1. The van der Waals surface area contributed by atoms with Crippen LogP contribution in [0.5, 0.6) is 0 Å². The lowest BCUT2D eigenvalue weighted by atomic mass is 10.1. The Morgan fingerprint density at radius 2 is 2.00 bits per heavy atom. The van der Waals surface area contributed by atoms with Gasteiger partial charge < -0.3 is 10.2 Å². The Morgan fingerprint density at radius 3 is 2.64 bits per heavy atom. The van der Waals surface area contributed by atoms with Crippen LogP contribution < -0.4 is 10.2 Å². The molecule has 1 fully saturated rings. The summed E-state index contributed by atoms with van der Waals surface area (Å²) in [7, 11) is 0. The smallest absolute Gasteiger partial charge is 0.342 e. The molecular formula is C21H18ClF3N6O2. The molecule has 33 heavy (non-hydrogen) atoms. The van der Waals surface area contributed by atoms with Crippen LogP contribution in [0.15, 0.2) is 42.9 Å². The molecule has 1 aromatic carbocycles. The summed E-state index contributed by atoms with van der Waals surface area (Å²) in [6, 6.07) is 5.34. The lowest BCUT2D eigenvalue weighted by Gasteiger charge is -2.17. The molecule has 1 N–H and O–H groups in total. The van der Waals surface area contributed by atoms with Gasteiger partial charge in [0.15, 0.2) is 11.6 Å². The van der Waals surface area contributed by atoms with Crippen LogP contribution in [-0.4, -0.2) is 38.1 Å². The lowest BCUT2D eigenvalue weighted by molar-refractivity contribution is -0.137. The first-order valence-electron chi connectivity index (χ1n) is 9.99. The van der Waals surface area contributed by atoms with E-state index in [0.717, 1.165) is 24.6 Å². The first-order valence-corrected chi connectivity index (χ1v) is 10.4. The van der Waals surface area contributed by atoms with Gasteiger partial charge >= 0.3 is 6.18 Å². The number of amides is 2. The second kappa shape index (κ2) is 8.81. The van der Waals surface area contributed by atoms with Crippen molar-refractivity contribution in [2.24, 2.45) is 0 Å². The quantitative estimate of drug-likeness (QED) is 0.599. The van der Waals surface area contributed by atoms with Crippen molar-refractivity contribution in [1.29, 1.82) is 0 Å². The van der Waals surface area contributed by atoms with Crippen molar-refractivity contribution in [2.75, 3.05) is 11.4 Å². The van der Waals surface area contributed by atoms with Crippen LogP contribution in [0.4, 0.5) is 18.9 Å². The number of carbonyl (C=O) groups excluding carboxylic acids is 2. The molecular weight excluding hydrogens is 461 g/mol. The van der Waals surface area contributed by atoms with Gasteiger partial charge in [-0.2, -0.15) is 23.0 Å². The van der Waals surface area contributed by atoms with Crippen molar-refractivity contribution in [3.63, 3.8) is 0 Å². The van der Waals surface area contributed by atoms with Gasteiger partial charge in [0, 0.05) is 23.6 Å². The predicted octanol–water partition coefficient (Wildman–Crippen LogP) is 3.95. The number of nitrogens with zero attached hydrogens (tertiary/aromatic N) is 5. The Bertz CT molecular complexity index is 1200. The molecule has 0 unspecified atom stereocenters. The van der Waals surface area contributed by atoms with E-state index in [2.05, 4.69) is 20.4 Å². The number of hydrogen-bond donors (Lipinski definition) is 1. The molecule has 4 rings (SSSR count). The van der Waals surface area contributed by atoms with Gasteiger partial charge in [-0.1, -0.05) is 11.6 Å². The van der Waals surface area contributed by atoms with Crippen molar-refractivity contribution in [3.8, 4) is 5.82 Å².